The van der Waals surface area contributed by atoms with Crippen molar-refractivity contribution in [1.82, 2.24) is 14.3 Å². The highest BCUT2D eigenvalue weighted by atomic mass is 19.1. The fourth-order valence-corrected chi connectivity index (χ4v) is 6.18. The third kappa shape index (κ3) is 4.67. The zero-order valence-corrected chi connectivity index (χ0v) is 24.4. The average Bonchev–Trinajstić information content (AvgIpc) is 3.49. The van der Waals surface area contributed by atoms with Crippen LogP contribution in [0.5, 0.6) is 5.75 Å². The van der Waals surface area contributed by atoms with E-state index in [1.807, 2.05) is 20.8 Å². The van der Waals surface area contributed by atoms with Crippen LogP contribution in [-0.4, -0.2) is 40.4 Å². The van der Waals surface area contributed by atoms with Gasteiger partial charge >= 0.3 is 5.97 Å². The number of nitrogens with zero attached hydrogens (tertiary/aromatic N) is 3. The number of aromatic nitrogens is 3. The molecule has 0 aliphatic heterocycles. The predicted molar refractivity (Wildman–Crippen MR) is 154 cm³/mol. The lowest BCUT2D eigenvalue weighted by atomic mass is 9.77. The zero-order chi connectivity index (χ0) is 28.9. The van der Waals surface area contributed by atoms with Gasteiger partial charge in [0, 0.05) is 33.6 Å². The molecule has 0 spiro atoms. The summed E-state index contributed by atoms with van der Waals surface area (Å²) >= 11 is 0. The molecule has 0 N–H and O–H groups in total. The van der Waals surface area contributed by atoms with Crippen LogP contribution in [0.15, 0.2) is 36.5 Å². The maximum Gasteiger partial charge on any atom is 0.308 e. The summed E-state index contributed by atoms with van der Waals surface area (Å²) in [7, 11) is 2.91. The second-order valence-corrected chi connectivity index (χ2v) is 12.2. The molecule has 0 radical (unpaired) electrons. The highest BCUT2D eigenvalue weighted by molar-refractivity contribution is 6.02. The molecule has 0 atom stereocenters. The molecule has 0 bridgehead atoms. The molecule has 1 saturated carbocycles. The Kier molecular flexibility index (Phi) is 7.23. The van der Waals surface area contributed by atoms with Crippen LogP contribution in [0.2, 0.25) is 0 Å². The van der Waals surface area contributed by atoms with Crippen LogP contribution in [0.4, 0.5) is 4.39 Å². The number of halogens is 1. The lowest BCUT2D eigenvalue weighted by Gasteiger charge is -2.28. The number of carbonyl (C=O) groups is 2. The van der Waals surface area contributed by atoms with E-state index in [2.05, 4.69) is 35.6 Å². The second-order valence-electron chi connectivity index (χ2n) is 12.2. The lowest BCUT2D eigenvalue weighted by Crippen LogP contribution is -2.27. The van der Waals surface area contributed by atoms with E-state index in [0.717, 1.165) is 58.9 Å². The Morgan fingerprint density at radius 1 is 1.02 bits per heavy atom. The topological polar surface area (TPSA) is 75.3 Å². The van der Waals surface area contributed by atoms with Crippen LogP contribution >= 0.6 is 0 Å². The van der Waals surface area contributed by atoms with Crippen molar-refractivity contribution >= 4 is 33.7 Å². The number of rotatable bonds is 5. The summed E-state index contributed by atoms with van der Waals surface area (Å²) in [6, 6.07) is 9.11. The summed E-state index contributed by atoms with van der Waals surface area (Å²) in [6.07, 6.45) is 4.95. The Morgan fingerprint density at radius 3 is 2.33 bits per heavy atom. The van der Waals surface area contributed by atoms with Gasteiger partial charge in [-0.3, -0.25) is 9.59 Å². The van der Waals surface area contributed by atoms with Gasteiger partial charge in [0.25, 0.3) is 5.91 Å². The normalized spacial score (nSPS) is 18.0. The van der Waals surface area contributed by atoms with Crippen molar-refractivity contribution in [1.29, 1.82) is 0 Å². The van der Waals surface area contributed by atoms with Crippen LogP contribution in [0, 0.1) is 17.2 Å². The van der Waals surface area contributed by atoms with Crippen molar-refractivity contribution in [2.75, 3.05) is 14.2 Å². The Hall–Kier alpha value is -3.68. The summed E-state index contributed by atoms with van der Waals surface area (Å²) in [5, 5.41) is 6.38. The zero-order valence-electron chi connectivity index (χ0n) is 24.4. The minimum absolute atomic E-state index is 0.0752. The number of hydrogen-bond acceptors (Lipinski definition) is 5. The second kappa shape index (κ2) is 10.4. The summed E-state index contributed by atoms with van der Waals surface area (Å²) < 4.78 is 28.5. The van der Waals surface area contributed by atoms with E-state index in [1.54, 1.807) is 18.3 Å². The Labute approximate surface area is 234 Å². The first kappa shape index (κ1) is 27.9. The molecule has 0 unspecified atom stereocenters. The van der Waals surface area contributed by atoms with E-state index in [0.29, 0.717) is 0 Å². The average molecular weight is 548 g/mol. The first-order valence-corrected chi connectivity index (χ1v) is 14.0. The van der Waals surface area contributed by atoms with Gasteiger partial charge in [0.2, 0.25) is 0 Å². The first-order chi connectivity index (χ1) is 19.0. The molecule has 8 heteroatoms. The fourth-order valence-electron chi connectivity index (χ4n) is 6.18. The molecule has 1 aliphatic carbocycles. The number of esters is 1. The largest absolute Gasteiger partial charge is 0.494 e. The van der Waals surface area contributed by atoms with Crippen molar-refractivity contribution < 1.29 is 23.5 Å². The SMILES string of the molecule is COC(=O)C1CCC(c2c(C(C)C)n(-c3ccc(F)c(OC)c3)c3cc4cnn(C(=O)C(C)(C)C)c4cc23)CC1. The van der Waals surface area contributed by atoms with E-state index in [-0.39, 0.29) is 35.4 Å². The minimum atomic E-state index is -0.595. The van der Waals surface area contributed by atoms with Crippen LogP contribution in [0.3, 0.4) is 0 Å². The van der Waals surface area contributed by atoms with Crippen LogP contribution in [0.25, 0.3) is 27.5 Å². The van der Waals surface area contributed by atoms with Gasteiger partial charge in [0.15, 0.2) is 11.6 Å². The van der Waals surface area contributed by atoms with Crippen molar-refractivity contribution in [2.45, 2.75) is 72.1 Å². The van der Waals surface area contributed by atoms with Gasteiger partial charge < -0.3 is 14.0 Å². The highest BCUT2D eigenvalue weighted by Crippen LogP contribution is 2.46. The monoisotopic (exact) mass is 547 g/mol. The van der Waals surface area contributed by atoms with Gasteiger partial charge in [-0.05, 0) is 67.3 Å². The fraction of sp³-hybridized carbons (Fsp3) is 0.469. The Balaban J connectivity index is 1.79. The van der Waals surface area contributed by atoms with Crippen molar-refractivity contribution in [3.63, 3.8) is 0 Å². The van der Waals surface area contributed by atoms with E-state index in [4.69, 9.17) is 9.47 Å². The van der Waals surface area contributed by atoms with E-state index < -0.39 is 11.2 Å². The standard InChI is InChI=1S/C32H38FN3O4/c1-18(2)29-28(19-8-10-20(11-9-19)30(37)40-7)23-16-25-21(17-34-36(25)31(38)32(3,4)5)14-26(23)35(29)22-12-13-24(33)27(15-22)39-6/h12-20H,8-11H2,1-7H3. The molecule has 7 nitrogen and oxygen atoms in total. The molecular weight excluding hydrogens is 509 g/mol. The van der Waals surface area contributed by atoms with Gasteiger partial charge in [0.1, 0.15) is 0 Å². The Bertz CT molecular complexity index is 1600. The summed E-state index contributed by atoms with van der Waals surface area (Å²) in [4.78, 5) is 25.6. The molecule has 1 aliphatic rings. The molecule has 212 valence electrons. The molecule has 0 amide bonds. The molecule has 4 aromatic rings. The van der Waals surface area contributed by atoms with Gasteiger partial charge in [-0.2, -0.15) is 9.78 Å². The van der Waals surface area contributed by atoms with Gasteiger partial charge in [0.05, 0.1) is 37.4 Å². The van der Waals surface area contributed by atoms with Crippen molar-refractivity contribution in [3.05, 3.63) is 53.6 Å². The van der Waals surface area contributed by atoms with Crippen LogP contribution < -0.4 is 4.74 Å². The molecule has 40 heavy (non-hydrogen) atoms. The smallest absolute Gasteiger partial charge is 0.308 e. The van der Waals surface area contributed by atoms with Crippen molar-refractivity contribution in [2.24, 2.45) is 11.3 Å². The van der Waals surface area contributed by atoms with E-state index in [1.165, 1.54) is 30.5 Å². The summed E-state index contributed by atoms with van der Waals surface area (Å²) in [5.74, 6) is -0.179. The number of fused-ring (bicyclic) bond motifs is 2. The lowest BCUT2D eigenvalue weighted by molar-refractivity contribution is -0.146. The quantitative estimate of drug-likeness (QED) is 0.244. The van der Waals surface area contributed by atoms with Crippen LogP contribution in [-0.2, 0) is 9.53 Å². The van der Waals surface area contributed by atoms with Gasteiger partial charge in [-0.15, -0.1) is 0 Å². The van der Waals surface area contributed by atoms with Crippen LogP contribution in [0.1, 0.15) is 88.2 Å². The third-order valence-electron chi connectivity index (χ3n) is 8.18. The molecule has 2 aromatic heterocycles. The molecule has 5 rings (SSSR count). The maximum absolute atomic E-state index is 14.5. The molecular formula is C32H38FN3O4. The highest BCUT2D eigenvalue weighted by Gasteiger charge is 2.33. The molecule has 2 heterocycles. The van der Waals surface area contributed by atoms with Gasteiger partial charge in [-0.25, -0.2) is 4.39 Å². The van der Waals surface area contributed by atoms with Gasteiger partial charge in [-0.1, -0.05) is 34.6 Å². The summed E-state index contributed by atoms with van der Waals surface area (Å²) in [6.45, 7) is 10.0. The first-order valence-electron chi connectivity index (χ1n) is 14.0. The number of ether oxygens (including phenoxy) is 2. The number of carbonyl (C=O) groups excluding carboxylic acids is 2. The number of benzene rings is 2. The molecule has 0 saturated heterocycles. The predicted octanol–water partition coefficient (Wildman–Crippen LogP) is 7.38. The molecule has 1 fully saturated rings. The molecule has 2 aromatic carbocycles. The van der Waals surface area contributed by atoms with E-state index in [9.17, 15) is 14.0 Å². The van der Waals surface area contributed by atoms with E-state index >= 15 is 0 Å². The number of methoxy groups -OCH3 is 2. The number of hydrogen-bond donors (Lipinski definition) is 0. The Morgan fingerprint density at radius 2 is 1.73 bits per heavy atom. The maximum atomic E-state index is 14.5. The van der Waals surface area contributed by atoms with Crippen molar-refractivity contribution in [3.8, 4) is 11.4 Å². The third-order valence-corrected chi connectivity index (χ3v) is 8.18. The summed E-state index contributed by atoms with van der Waals surface area (Å²) in [5.41, 5.74) is 4.30. The minimum Gasteiger partial charge on any atom is -0.494 e.